The summed E-state index contributed by atoms with van der Waals surface area (Å²) >= 11 is 0. The number of aromatic nitrogens is 2. The van der Waals surface area contributed by atoms with Crippen LogP contribution in [0.25, 0.3) is 10.8 Å². The normalized spacial score (nSPS) is 12.3. The van der Waals surface area contributed by atoms with E-state index in [0.717, 1.165) is 17.4 Å². The number of carbonyl (C=O) groups excluding carboxylic acids is 1. The van der Waals surface area contributed by atoms with Gasteiger partial charge in [0, 0.05) is 0 Å². The third-order valence-corrected chi connectivity index (χ3v) is 5.29. The number of nitrogens with zero attached hydrogens (tertiary/aromatic N) is 2. The van der Waals surface area contributed by atoms with Crippen molar-refractivity contribution in [2.75, 3.05) is 5.32 Å². The van der Waals surface area contributed by atoms with Gasteiger partial charge in [0.25, 0.3) is 5.91 Å². The van der Waals surface area contributed by atoms with E-state index in [4.69, 9.17) is 4.42 Å². The highest BCUT2D eigenvalue weighted by Gasteiger charge is 2.20. The molecule has 0 aliphatic rings. The lowest BCUT2D eigenvalue weighted by molar-refractivity contribution is 0.102. The lowest BCUT2D eigenvalue weighted by atomic mass is 9.97. The summed E-state index contributed by atoms with van der Waals surface area (Å²) in [5.41, 5.74) is 2.52. The number of carbonyl (C=O) groups is 1. The fourth-order valence-electron chi connectivity index (χ4n) is 3.67. The highest BCUT2D eigenvalue weighted by atomic mass is 16.4. The zero-order chi connectivity index (χ0) is 22.0. The van der Waals surface area contributed by atoms with Crippen LogP contribution in [-0.4, -0.2) is 21.2 Å². The predicted molar refractivity (Wildman–Crippen MR) is 120 cm³/mol. The van der Waals surface area contributed by atoms with Crippen LogP contribution in [-0.2, 0) is 6.42 Å². The third-order valence-electron chi connectivity index (χ3n) is 5.29. The molecule has 1 unspecified atom stereocenters. The Bertz CT molecular complexity index is 1210. The topological polar surface area (TPSA) is 88.2 Å². The maximum absolute atomic E-state index is 12.8. The van der Waals surface area contributed by atoms with Crippen molar-refractivity contribution < 1.29 is 14.3 Å². The van der Waals surface area contributed by atoms with E-state index in [0.29, 0.717) is 17.2 Å². The molecule has 3 aromatic carbocycles. The molecule has 31 heavy (non-hydrogen) atoms. The molecular weight excluding hydrogens is 390 g/mol. The van der Waals surface area contributed by atoms with Crippen molar-refractivity contribution in [3.63, 3.8) is 0 Å². The van der Waals surface area contributed by atoms with Gasteiger partial charge in [-0.3, -0.25) is 10.1 Å². The van der Waals surface area contributed by atoms with Gasteiger partial charge in [-0.15, -0.1) is 5.10 Å². The van der Waals surface area contributed by atoms with Crippen LogP contribution in [0.3, 0.4) is 0 Å². The minimum atomic E-state index is -0.504. The van der Waals surface area contributed by atoms with Gasteiger partial charge < -0.3 is 9.52 Å². The van der Waals surface area contributed by atoms with Gasteiger partial charge in [0.2, 0.25) is 5.89 Å². The molecule has 0 bridgehead atoms. The second-order valence-corrected chi connectivity index (χ2v) is 8.14. The monoisotopic (exact) mass is 415 g/mol. The fourth-order valence-corrected chi connectivity index (χ4v) is 3.67. The van der Waals surface area contributed by atoms with E-state index >= 15 is 0 Å². The van der Waals surface area contributed by atoms with E-state index < -0.39 is 5.91 Å². The SMILES string of the molecule is CC(C)Cc1ccc(C(C)c2nnc(NC(=O)c3c(O)ccc4ccccc34)o2)cc1. The molecule has 1 atom stereocenters. The second-order valence-electron chi connectivity index (χ2n) is 8.14. The lowest BCUT2D eigenvalue weighted by Gasteiger charge is -2.10. The zero-order valence-corrected chi connectivity index (χ0v) is 17.8. The first-order chi connectivity index (χ1) is 14.9. The number of nitrogens with one attached hydrogen (secondary N) is 1. The van der Waals surface area contributed by atoms with Crippen LogP contribution in [0.2, 0.25) is 0 Å². The highest BCUT2D eigenvalue weighted by molar-refractivity contribution is 6.14. The summed E-state index contributed by atoms with van der Waals surface area (Å²) in [5.74, 6) is 0.291. The van der Waals surface area contributed by atoms with Gasteiger partial charge in [-0.1, -0.05) is 73.5 Å². The number of hydrogen-bond donors (Lipinski definition) is 2. The number of aromatic hydroxyl groups is 1. The van der Waals surface area contributed by atoms with Gasteiger partial charge in [-0.2, -0.15) is 0 Å². The van der Waals surface area contributed by atoms with Crippen molar-refractivity contribution in [2.24, 2.45) is 5.92 Å². The van der Waals surface area contributed by atoms with E-state index in [1.165, 1.54) is 11.6 Å². The molecule has 0 saturated heterocycles. The number of rotatable bonds is 6. The van der Waals surface area contributed by atoms with Crippen molar-refractivity contribution in [3.8, 4) is 5.75 Å². The van der Waals surface area contributed by atoms with E-state index in [1.54, 1.807) is 12.1 Å². The van der Waals surface area contributed by atoms with Crippen LogP contribution in [0.4, 0.5) is 6.01 Å². The Balaban J connectivity index is 1.52. The molecule has 1 heterocycles. The maximum atomic E-state index is 12.8. The molecule has 0 aliphatic heterocycles. The standard InChI is InChI=1S/C25H25N3O3/c1-15(2)14-17-8-10-18(11-9-17)16(3)24-27-28-25(31-24)26-23(30)22-20-7-5-4-6-19(20)12-13-21(22)29/h4-13,15-16,29H,14H2,1-3H3,(H,26,28,30). The van der Waals surface area contributed by atoms with Gasteiger partial charge >= 0.3 is 6.01 Å². The minimum Gasteiger partial charge on any atom is -0.507 e. The average Bonchev–Trinajstić information content (AvgIpc) is 3.21. The van der Waals surface area contributed by atoms with Crippen molar-refractivity contribution >= 4 is 22.7 Å². The molecule has 1 aromatic heterocycles. The van der Waals surface area contributed by atoms with Crippen LogP contribution in [0.1, 0.15) is 54.1 Å². The van der Waals surface area contributed by atoms with E-state index in [1.807, 2.05) is 25.1 Å². The Morgan fingerprint density at radius 1 is 1.00 bits per heavy atom. The number of amides is 1. The van der Waals surface area contributed by atoms with Gasteiger partial charge in [0.1, 0.15) is 5.75 Å². The molecule has 1 amide bonds. The second kappa shape index (κ2) is 8.60. The first-order valence-electron chi connectivity index (χ1n) is 10.4. The van der Waals surface area contributed by atoms with Crippen molar-refractivity contribution in [1.82, 2.24) is 10.2 Å². The molecular formula is C25H25N3O3. The first kappa shape index (κ1) is 20.6. The van der Waals surface area contributed by atoms with E-state index in [-0.39, 0.29) is 23.2 Å². The van der Waals surface area contributed by atoms with Crippen molar-refractivity contribution in [1.29, 1.82) is 0 Å². The van der Waals surface area contributed by atoms with E-state index in [9.17, 15) is 9.90 Å². The third kappa shape index (κ3) is 4.43. The minimum absolute atomic E-state index is 0.00406. The summed E-state index contributed by atoms with van der Waals surface area (Å²) < 4.78 is 5.70. The van der Waals surface area contributed by atoms with Crippen molar-refractivity contribution in [3.05, 3.63) is 83.2 Å². The predicted octanol–water partition coefficient (Wildman–Crippen LogP) is 5.53. The van der Waals surface area contributed by atoms with Gasteiger partial charge in [0.15, 0.2) is 0 Å². The number of fused-ring (bicyclic) bond motifs is 1. The molecule has 2 N–H and O–H groups in total. The molecule has 6 nitrogen and oxygen atoms in total. The number of phenolic OH excluding ortho intramolecular Hbond substituents is 1. The number of phenols is 1. The average molecular weight is 415 g/mol. The van der Waals surface area contributed by atoms with Crippen LogP contribution < -0.4 is 5.32 Å². The van der Waals surface area contributed by atoms with Crippen LogP contribution >= 0.6 is 0 Å². The summed E-state index contributed by atoms with van der Waals surface area (Å²) in [5, 5.41) is 22.4. The Morgan fingerprint density at radius 2 is 1.74 bits per heavy atom. The summed E-state index contributed by atoms with van der Waals surface area (Å²) in [6.07, 6.45) is 1.03. The fraction of sp³-hybridized carbons (Fsp3) is 0.240. The Morgan fingerprint density at radius 3 is 2.48 bits per heavy atom. The highest BCUT2D eigenvalue weighted by Crippen LogP contribution is 2.29. The smallest absolute Gasteiger partial charge is 0.322 e. The Kier molecular flexibility index (Phi) is 5.71. The molecule has 158 valence electrons. The first-order valence-corrected chi connectivity index (χ1v) is 10.4. The Hall–Kier alpha value is -3.67. The number of hydrogen-bond acceptors (Lipinski definition) is 5. The molecule has 0 radical (unpaired) electrons. The van der Waals surface area contributed by atoms with E-state index in [2.05, 4.69) is 53.6 Å². The summed E-state index contributed by atoms with van der Waals surface area (Å²) in [6.45, 7) is 6.37. The van der Waals surface area contributed by atoms with Gasteiger partial charge in [0.05, 0.1) is 11.5 Å². The zero-order valence-electron chi connectivity index (χ0n) is 17.8. The molecule has 0 fully saturated rings. The molecule has 0 saturated carbocycles. The van der Waals surface area contributed by atoms with Gasteiger partial charge in [-0.25, -0.2) is 0 Å². The number of benzene rings is 3. The number of anilines is 1. The summed E-state index contributed by atoms with van der Waals surface area (Å²) in [4.78, 5) is 12.8. The van der Waals surface area contributed by atoms with Gasteiger partial charge in [-0.05, 0) is 47.2 Å². The molecule has 0 spiro atoms. The Labute approximate surface area is 180 Å². The maximum Gasteiger partial charge on any atom is 0.322 e. The quantitative estimate of drug-likeness (QED) is 0.432. The molecule has 6 heteroatoms. The van der Waals surface area contributed by atoms with Crippen LogP contribution in [0.5, 0.6) is 5.75 Å². The summed E-state index contributed by atoms with van der Waals surface area (Å²) in [6, 6.07) is 19.0. The molecule has 4 rings (SSSR count). The molecule has 4 aromatic rings. The summed E-state index contributed by atoms with van der Waals surface area (Å²) in [7, 11) is 0. The lowest BCUT2D eigenvalue weighted by Crippen LogP contribution is -2.13. The van der Waals surface area contributed by atoms with Crippen LogP contribution in [0, 0.1) is 5.92 Å². The largest absolute Gasteiger partial charge is 0.507 e. The molecule has 0 aliphatic carbocycles. The van der Waals surface area contributed by atoms with Crippen molar-refractivity contribution in [2.45, 2.75) is 33.1 Å². The van der Waals surface area contributed by atoms with Crippen LogP contribution in [0.15, 0.2) is 65.1 Å².